The maximum atomic E-state index is 12.3. The Morgan fingerprint density at radius 2 is 2.22 bits per heavy atom. The Balaban J connectivity index is 1.88. The van der Waals surface area contributed by atoms with Gasteiger partial charge in [-0.25, -0.2) is 4.79 Å². The molecule has 1 saturated heterocycles. The summed E-state index contributed by atoms with van der Waals surface area (Å²) in [4.78, 5) is 25.7. The van der Waals surface area contributed by atoms with Crippen LogP contribution in [0.1, 0.15) is 25.8 Å². The van der Waals surface area contributed by atoms with Crippen molar-refractivity contribution < 1.29 is 14.3 Å². The van der Waals surface area contributed by atoms with Gasteiger partial charge in [0.1, 0.15) is 11.8 Å². The standard InChI is InChI=1S/C17H25N3O3/c1-3-23-15-8-5-4-7-14(15)9-11-19-17(22)20-12-6-10-18-16(21)13(20)2/h4-5,7-8,13H,3,6,9-12H2,1-2H3,(H,18,21)(H,19,22)/t13-/m1/s1. The van der Waals surface area contributed by atoms with E-state index in [-0.39, 0.29) is 11.9 Å². The van der Waals surface area contributed by atoms with E-state index in [1.807, 2.05) is 31.2 Å². The second kappa shape index (κ2) is 8.41. The number of hydrogen-bond donors (Lipinski definition) is 2. The molecule has 0 aliphatic carbocycles. The van der Waals surface area contributed by atoms with E-state index in [4.69, 9.17) is 4.74 Å². The Morgan fingerprint density at radius 1 is 1.43 bits per heavy atom. The predicted octanol–water partition coefficient (Wildman–Crippen LogP) is 1.55. The number of amides is 3. The van der Waals surface area contributed by atoms with Crippen LogP contribution in [0.3, 0.4) is 0 Å². The van der Waals surface area contributed by atoms with E-state index >= 15 is 0 Å². The first-order valence-electron chi connectivity index (χ1n) is 8.16. The Morgan fingerprint density at radius 3 is 3.00 bits per heavy atom. The Labute approximate surface area is 137 Å². The molecule has 3 amide bonds. The predicted molar refractivity (Wildman–Crippen MR) is 88.5 cm³/mol. The Bertz CT molecular complexity index is 548. The van der Waals surface area contributed by atoms with Gasteiger partial charge in [0.15, 0.2) is 0 Å². The summed E-state index contributed by atoms with van der Waals surface area (Å²) >= 11 is 0. The number of carbonyl (C=O) groups is 2. The lowest BCUT2D eigenvalue weighted by molar-refractivity contribution is -0.124. The molecule has 2 N–H and O–H groups in total. The minimum atomic E-state index is -0.437. The summed E-state index contributed by atoms with van der Waals surface area (Å²) in [6.07, 6.45) is 1.47. The second-order valence-corrected chi connectivity index (χ2v) is 5.54. The smallest absolute Gasteiger partial charge is 0.318 e. The third-order valence-electron chi connectivity index (χ3n) is 3.93. The van der Waals surface area contributed by atoms with Crippen molar-refractivity contribution in [3.63, 3.8) is 0 Å². The lowest BCUT2D eigenvalue weighted by Gasteiger charge is -2.25. The first kappa shape index (κ1) is 17.1. The molecule has 1 aliphatic heterocycles. The lowest BCUT2D eigenvalue weighted by atomic mass is 10.1. The van der Waals surface area contributed by atoms with Gasteiger partial charge in [0, 0.05) is 19.6 Å². The van der Waals surface area contributed by atoms with Crippen molar-refractivity contribution in [2.24, 2.45) is 0 Å². The minimum Gasteiger partial charge on any atom is -0.494 e. The van der Waals surface area contributed by atoms with Gasteiger partial charge in [-0.05, 0) is 38.3 Å². The SMILES string of the molecule is CCOc1ccccc1CCNC(=O)N1CCCNC(=O)[C@H]1C. The van der Waals surface area contributed by atoms with Gasteiger partial charge in [-0.1, -0.05) is 18.2 Å². The van der Waals surface area contributed by atoms with Crippen LogP contribution in [0.2, 0.25) is 0 Å². The van der Waals surface area contributed by atoms with Gasteiger partial charge < -0.3 is 20.3 Å². The molecule has 0 bridgehead atoms. The topological polar surface area (TPSA) is 70.7 Å². The third kappa shape index (κ3) is 4.61. The molecule has 0 radical (unpaired) electrons. The quantitative estimate of drug-likeness (QED) is 0.865. The summed E-state index contributed by atoms with van der Waals surface area (Å²) in [6, 6.07) is 7.20. The number of rotatable bonds is 5. The summed E-state index contributed by atoms with van der Waals surface area (Å²) in [5.74, 6) is 0.756. The maximum absolute atomic E-state index is 12.3. The molecule has 1 aromatic rings. The zero-order valence-electron chi connectivity index (χ0n) is 13.8. The number of hydrogen-bond acceptors (Lipinski definition) is 3. The van der Waals surface area contributed by atoms with Crippen molar-refractivity contribution in [3.8, 4) is 5.75 Å². The molecule has 6 heteroatoms. The first-order valence-corrected chi connectivity index (χ1v) is 8.16. The highest BCUT2D eigenvalue weighted by Gasteiger charge is 2.27. The van der Waals surface area contributed by atoms with Crippen LogP contribution < -0.4 is 15.4 Å². The molecule has 0 aromatic heterocycles. The van der Waals surface area contributed by atoms with E-state index in [0.717, 1.165) is 17.7 Å². The molecule has 23 heavy (non-hydrogen) atoms. The fourth-order valence-corrected chi connectivity index (χ4v) is 2.63. The van der Waals surface area contributed by atoms with Gasteiger partial charge in [0.2, 0.25) is 5.91 Å². The first-order chi connectivity index (χ1) is 11.1. The van der Waals surface area contributed by atoms with E-state index in [2.05, 4.69) is 10.6 Å². The average molecular weight is 319 g/mol. The van der Waals surface area contributed by atoms with Gasteiger partial charge in [-0.2, -0.15) is 0 Å². The number of nitrogens with one attached hydrogen (secondary N) is 2. The van der Waals surface area contributed by atoms with Gasteiger partial charge in [0.05, 0.1) is 6.61 Å². The monoisotopic (exact) mass is 319 g/mol. The van der Waals surface area contributed by atoms with Crippen LogP contribution in [0.5, 0.6) is 5.75 Å². The van der Waals surface area contributed by atoms with Crippen LogP contribution in [-0.4, -0.2) is 49.1 Å². The molecule has 126 valence electrons. The van der Waals surface area contributed by atoms with E-state index < -0.39 is 6.04 Å². The maximum Gasteiger partial charge on any atom is 0.318 e. The van der Waals surface area contributed by atoms with Crippen molar-refractivity contribution in [2.45, 2.75) is 32.7 Å². The summed E-state index contributed by atoms with van der Waals surface area (Å²) in [5.41, 5.74) is 1.07. The van der Waals surface area contributed by atoms with Gasteiger partial charge in [0.25, 0.3) is 0 Å². The minimum absolute atomic E-state index is 0.0978. The zero-order chi connectivity index (χ0) is 16.7. The summed E-state index contributed by atoms with van der Waals surface area (Å²) < 4.78 is 5.58. The fraction of sp³-hybridized carbons (Fsp3) is 0.529. The molecular weight excluding hydrogens is 294 g/mol. The molecule has 6 nitrogen and oxygen atoms in total. The van der Waals surface area contributed by atoms with Gasteiger partial charge >= 0.3 is 6.03 Å². The summed E-state index contributed by atoms with van der Waals surface area (Å²) in [7, 11) is 0. The van der Waals surface area contributed by atoms with E-state index in [1.54, 1.807) is 11.8 Å². The van der Waals surface area contributed by atoms with Crippen LogP contribution >= 0.6 is 0 Å². The largest absolute Gasteiger partial charge is 0.494 e. The number of carbonyl (C=O) groups excluding carboxylic acids is 2. The average Bonchev–Trinajstić information content (AvgIpc) is 2.71. The highest BCUT2D eigenvalue weighted by Crippen LogP contribution is 2.18. The number of para-hydroxylation sites is 1. The highest BCUT2D eigenvalue weighted by atomic mass is 16.5. The van der Waals surface area contributed by atoms with Gasteiger partial charge in [-0.3, -0.25) is 4.79 Å². The Hall–Kier alpha value is -2.24. The number of urea groups is 1. The van der Waals surface area contributed by atoms with E-state index in [9.17, 15) is 9.59 Å². The fourth-order valence-electron chi connectivity index (χ4n) is 2.63. The van der Waals surface area contributed by atoms with Crippen LogP contribution in [-0.2, 0) is 11.2 Å². The van der Waals surface area contributed by atoms with Crippen LogP contribution in [0.25, 0.3) is 0 Å². The molecule has 0 saturated carbocycles. The molecule has 1 heterocycles. The van der Waals surface area contributed by atoms with E-state index in [0.29, 0.717) is 32.7 Å². The zero-order valence-corrected chi connectivity index (χ0v) is 13.8. The number of nitrogens with zero attached hydrogens (tertiary/aromatic N) is 1. The summed E-state index contributed by atoms with van der Waals surface area (Å²) in [5, 5.41) is 5.71. The highest BCUT2D eigenvalue weighted by molar-refractivity contribution is 5.87. The normalized spacial score (nSPS) is 18.1. The molecule has 1 aromatic carbocycles. The van der Waals surface area contributed by atoms with E-state index in [1.165, 1.54) is 0 Å². The van der Waals surface area contributed by atoms with Crippen molar-refractivity contribution >= 4 is 11.9 Å². The molecule has 1 fully saturated rings. The molecule has 0 spiro atoms. The molecule has 0 unspecified atom stereocenters. The Kier molecular flexibility index (Phi) is 6.26. The molecular formula is C17H25N3O3. The van der Waals surface area contributed by atoms with Gasteiger partial charge in [-0.15, -0.1) is 0 Å². The number of ether oxygens (including phenoxy) is 1. The van der Waals surface area contributed by atoms with Crippen LogP contribution in [0, 0.1) is 0 Å². The second-order valence-electron chi connectivity index (χ2n) is 5.54. The van der Waals surface area contributed by atoms with Crippen molar-refractivity contribution in [3.05, 3.63) is 29.8 Å². The van der Waals surface area contributed by atoms with Crippen LogP contribution in [0.15, 0.2) is 24.3 Å². The molecule has 2 rings (SSSR count). The third-order valence-corrected chi connectivity index (χ3v) is 3.93. The van der Waals surface area contributed by atoms with Crippen LogP contribution in [0.4, 0.5) is 4.79 Å². The van der Waals surface area contributed by atoms with Crippen molar-refractivity contribution in [1.82, 2.24) is 15.5 Å². The summed E-state index contributed by atoms with van der Waals surface area (Å²) in [6.45, 7) is 6.03. The van der Waals surface area contributed by atoms with Crippen molar-refractivity contribution in [2.75, 3.05) is 26.2 Å². The lowest BCUT2D eigenvalue weighted by Crippen LogP contribution is -2.49. The van der Waals surface area contributed by atoms with Crippen molar-refractivity contribution in [1.29, 1.82) is 0 Å². The molecule has 1 aliphatic rings. The number of benzene rings is 1. The molecule has 1 atom stereocenters.